The van der Waals surface area contributed by atoms with Gasteiger partial charge in [-0.15, -0.1) is 5.10 Å². The standard InChI is InChI=1S/C19H20FN5OS/c1-13-7-8-16(11-14(13)2)25-19(22-23-24-25)27-12-18(26)21-10-9-15-5-3-4-6-17(15)20/h3-8,11H,9-10,12H2,1-2H3,(H,21,26). The largest absolute Gasteiger partial charge is 0.355 e. The van der Waals surface area contributed by atoms with E-state index in [1.165, 1.54) is 23.4 Å². The van der Waals surface area contributed by atoms with Crippen molar-refractivity contribution in [2.75, 3.05) is 12.3 Å². The van der Waals surface area contributed by atoms with Crippen LogP contribution in [0, 0.1) is 19.7 Å². The van der Waals surface area contributed by atoms with Gasteiger partial charge in [-0.2, -0.15) is 4.68 Å². The second kappa shape index (κ2) is 8.77. The fraction of sp³-hybridized carbons (Fsp3) is 0.263. The van der Waals surface area contributed by atoms with Crippen molar-refractivity contribution in [1.82, 2.24) is 25.5 Å². The Bertz CT molecular complexity index is 943. The maximum atomic E-state index is 13.6. The highest BCUT2D eigenvalue weighted by atomic mass is 32.2. The van der Waals surface area contributed by atoms with Crippen molar-refractivity contribution in [3.8, 4) is 5.69 Å². The molecule has 0 spiro atoms. The fourth-order valence-electron chi connectivity index (χ4n) is 2.51. The number of hydrogen-bond donors (Lipinski definition) is 1. The van der Waals surface area contributed by atoms with E-state index in [-0.39, 0.29) is 17.5 Å². The second-order valence-electron chi connectivity index (χ2n) is 6.12. The van der Waals surface area contributed by atoms with E-state index in [0.29, 0.717) is 23.7 Å². The van der Waals surface area contributed by atoms with Gasteiger partial charge < -0.3 is 5.32 Å². The highest BCUT2D eigenvalue weighted by molar-refractivity contribution is 7.99. The Hall–Kier alpha value is -2.74. The van der Waals surface area contributed by atoms with Gasteiger partial charge in [0.2, 0.25) is 11.1 Å². The van der Waals surface area contributed by atoms with Crippen molar-refractivity contribution < 1.29 is 9.18 Å². The summed E-state index contributed by atoms with van der Waals surface area (Å²) in [6.07, 6.45) is 0.448. The minimum Gasteiger partial charge on any atom is -0.355 e. The predicted molar refractivity (Wildman–Crippen MR) is 102 cm³/mol. The van der Waals surface area contributed by atoms with E-state index in [1.54, 1.807) is 22.9 Å². The van der Waals surface area contributed by atoms with Gasteiger partial charge in [-0.3, -0.25) is 4.79 Å². The lowest BCUT2D eigenvalue weighted by atomic mass is 10.1. The summed E-state index contributed by atoms with van der Waals surface area (Å²) < 4.78 is 15.2. The summed E-state index contributed by atoms with van der Waals surface area (Å²) in [5.41, 5.74) is 3.77. The molecule has 3 rings (SSSR count). The van der Waals surface area contributed by atoms with Crippen LogP contribution in [0.3, 0.4) is 0 Å². The van der Waals surface area contributed by atoms with Gasteiger partial charge in [-0.1, -0.05) is 36.0 Å². The molecule has 1 heterocycles. The van der Waals surface area contributed by atoms with Crippen molar-refractivity contribution in [3.63, 3.8) is 0 Å². The van der Waals surface area contributed by atoms with Gasteiger partial charge in [0.1, 0.15) is 5.82 Å². The number of benzene rings is 2. The van der Waals surface area contributed by atoms with Gasteiger partial charge in [0.25, 0.3) is 0 Å². The van der Waals surface area contributed by atoms with Crippen LogP contribution in [0.15, 0.2) is 47.6 Å². The first-order valence-electron chi connectivity index (χ1n) is 8.53. The molecule has 1 aromatic heterocycles. The molecule has 27 heavy (non-hydrogen) atoms. The van der Waals surface area contributed by atoms with Crippen molar-refractivity contribution >= 4 is 17.7 Å². The van der Waals surface area contributed by atoms with Gasteiger partial charge in [0, 0.05) is 6.54 Å². The Morgan fingerprint density at radius 3 is 2.78 bits per heavy atom. The second-order valence-corrected chi connectivity index (χ2v) is 7.06. The van der Waals surface area contributed by atoms with E-state index in [1.807, 2.05) is 32.0 Å². The summed E-state index contributed by atoms with van der Waals surface area (Å²) in [5.74, 6) is -0.220. The third-order valence-electron chi connectivity index (χ3n) is 4.18. The molecule has 8 heteroatoms. The van der Waals surface area contributed by atoms with E-state index >= 15 is 0 Å². The average Bonchev–Trinajstić information content (AvgIpc) is 3.12. The first-order valence-corrected chi connectivity index (χ1v) is 9.52. The molecule has 0 unspecified atom stereocenters. The Kier molecular flexibility index (Phi) is 6.18. The first-order chi connectivity index (χ1) is 13.0. The van der Waals surface area contributed by atoms with E-state index in [4.69, 9.17) is 0 Å². The lowest BCUT2D eigenvalue weighted by Gasteiger charge is -2.08. The van der Waals surface area contributed by atoms with Crippen LogP contribution in [0.25, 0.3) is 5.69 Å². The smallest absolute Gasteiger partial charge is 0.230 e. The van der Waals surface area contributed by atoms with Crippen LogP contribution in [0.1, 0.15) is 16.7 Å². The molecule has 0 atom stereocenters. The molecule has 0 saturated carbocycles. The summed E-state index contributed by atoms with van der Waals surface area (Å²) in [4.78, 5) is 12.1. The molecule has 6 nitrogen and oxygen atoms in total. The highest BCUT2D eigenvalue weighted by Gasteiger charge is 2.12. The van der Waals surface area contributed by atoms with Crippen LogP contribution in [0.2, 0.25) is 0 Å². The summed E-state index contributed by atoms with van der Waals surface area (Å²) in [6.45, 7) is 4.45. The first kappa shape index (κ1) is 19.0. The number of aryl methyl sites for hydroxylation is 2. The Balaban J connectivity index is 1.53. The third-order valence-corrected chi connectivity index (χ3v) is 5.10. The zero-order valence-electron chi connectivity index (χ0n) is 15.1. The molecule has 0 aliphatic carbocycles. The number of thioether (sulfide) groups is 1. The van der Waals surface area contributed by atoms with Crippen molar-refractivity contribution in [2.45, 2.75) is 25.4 Å². The monoisotopic (exact) mass is 385 g/mol. The molecule has 2 aromatic carbocycles. The Morgan fingerprint density at radius 1 is 1.19 bits per heavy atom. The van der Waals surface area contributed by atoms with Crippen molar-refractivity contribution in [1.29, 1.82) is 0 Å². The van der Waals surface area contributed by atoms with Crippen LogP contribution < -0.4 is 5.32 Å². The number of nitrogens with zero attached hydrogens (tertiary/aromatic N) is 4. The van der Waals surface area contributed by atoms with Crippen LogP contribution in [0.4, 0.5) is 4.39 Å². The van der Waals surface area contributed by atoms with Crippen LogP contribution in [-0.4, -0.2) is 38.4 Å². The zero-order chi connectivity index (χ0) is 19.2. The molecule has 140 valence electrons. The summed E-state index contributed by atoms with van der Waals surface area (Å²) in [5, 5.41) is 15.0. The van der Waals surface area contributed by atoms with Crippen LogP contribution >= 0.6 is 11.8 Å². The van der Waals surface area contributed by atoms with Gasteiger partial charge in [0.05, 0.1) is 11.4 Å². The van der Waals surface area contributed by atoms with E-state index in [2.05, 4.69) is 20.8 Å². The number of carbonyl (C=O) groups excluding carboxylic acids is 1. The number of nitrogens with one attached hydrogen (secondary N) is 1. The Labute approximate surface area is 161 Å². The zero-order valence-corrected chi connectivity index (χ0v) is 16.0. The summed E-state index contributed by atoms with van der Waals surface area (Å²) in [7, 11) is 0. The fourth-order valence-corrected chi connectivity index (χ4v) is 3.23. The Morgan fingerprint density at radius 2 is 2.00 bits per heavy atom. The molecule has 0 bridgehead atoms. The quantitative estimate of drug-likeness (QED) is 0.633. The average molecular weight is 385 g/mol. The molecule has 0 fully saturated rings. The van der Waals surface area contributed by atoms with Gasteiger partial charge in [-0.05, 0) is 65.6 Å². The molecule has 0 aliphatic heterocycles. The third kappa shape index (κ3) is 4.91. The summed E-state index contributed by atoms with van der Waals surface area (Å²) in [6, 6.07) is 12.5. The SMILES string of the molecule is Cc1ccc(-n2nnnc2SCC(=O)NCCc2ccccc2F)cc1C. The molecule has 3 aromatic rings. The molecule has 0 saturated heterocycles. The number of tetrazole rings is 1. The highest BCUT2D eigenvalue weighted by Crippen LogP contribution is 2.20. The number of carbonyl (C=O) groups is 1. The topological polar surface area (TPSA) is 72.7 Å². The lowest BCUT2D eigenvalue weighted by molar-refractivity contribution is -0.118. The molecular formula is C19H20FN5OS. The molecule has 0 radical (unpaired) electrons. The van der Waals surface area contributed by atoms with Gasteiger partial charge in [0.15, 0.2) is 0 Å². The maximum Gasteiger partial charge on any atom is 0.230 e. The minimum absolute atomic E-state index is 0.147. The molecule has 1 N–H and O–H groups in total. The normalized spacial score (nSPS) is 10.8. The van der Waals surface area contributed by atoms with E-state index in [0.717, 1.165) is 11.3 Å². The number of aromatic nitrogens is 4. The van der Waals surface area contributed by atoms with Crippen molar-refractivity contribution in [2.24, 2.45) is 0 Å². The molecule has 1 amide bonds. The van der Waals surface area contributed by atoms with Crippen molar-refractivity contribution in [3.05, 3.63) is 65.0 Å². The number of amides is 1. The number of hydrogen-bond acceptors (Lipinski definition) is 5. The van der Waals surface area contributed by atoms with Gasteiger partial charge in [-0.25, -0.2) is 4.39 Å². The van der Waals surface area contributed by atoms with Crippen LogP contribution in [-0.2, 0) is 11.2 Å². The summed E-state index contributed by atoms with van der Waals surface area (Å²) >= 11 is 1.26. The van der Waals surface area contributed by atoms with E-state index in [9.17, 15) is 9.18 Å². The van der Waals surface area contributed by atoms with E-state index < -0.39 is 0 Å². The van der Waals surface area contributed by atoms with Gasteiger partial charge >= 0.3 is 0 Å². The minimum atomic E-state index is -0.256. The molecular weight excluding hydrogens is 365 g/mol. The maximum absolute atomic E-state index is 13.6. The lowest BCUT2D eigenvalue weighted by Crippen LogP contribution is -2.27. The predicted octanol–water partition coefficient (Wildman–Crippen LogP) is 2.87. The number of halogens is 1. The number of rotatable bonds is 7. The van der Waals surface area contributed by atoms with Crippen LogP contribution in [0.5, 0.6) is 0 Å². The molecule has 0 aliphatic rings.